The highest BCUT2D eigenvalue weighted by Crippen LogP contribution is 1.94. The third-order valence-electron chi connectivity index (χ3n) is 1.75. The van der Waals surface area contributed by atoms with Crippen LogP contribution in [0.2, 0.25) is 0 Å². The first-order valence-corrected chi connectivity index (χ1v) is 5.61. The number of hydrogen-bond acceptors (Lipinski definition) is 2. The zero-order valence-corrected chi connectivity index (χ0v) is 10.2. The summed E-state index contributed by atoms with van der Waals surface area (Å²) >= 11 is 10.4. The second-order valence-corrected chi connectivity index (χ2v) is 3.37. The van der Waals surface area contributed by atoms with E-state index in [1.165, 1.54) is 4.90 Å². The van der Waals surface area contributed by atoms with E-state index < -0.39 is 12.7 Å². The van der Waals surface area contributed by atoms with E-state index >= 15 is 0 Å². The number of carbonyl (C=O) groups excluding carboxylic acids is 2. The number of rotatable bonds is 7. The number of amides is 3. The van der Waals surface area contributed by atoms with Crippen LogP contribution in [-0.2, 0) is 4.79 Å². The Morgan fingerprint density at radius 1 is 1.31 bits per heavy atom. The molecule has 16 heavy (non-hydrogen) atoms. The van der Waals surface area contributed by atoms with Crippen molar-refractivity contribution in [1.29, 1.82) is 0 Å². The summed E-state index contributed by atoms with van der Waals surface area (Å²) in [6.45, 7) is 0.231. The van der Waals surface area contributed by atoms with E-state index in [0.717, 1.165) is 0 Å². The number of nitrogens with zero attached hydrogens (tertiary/aromatic N) is 1. The van der Waals surface area contributed by atoms with Gasteiger partial charge in [-0.1, -0.05) is 0 Å². The van der Waals surface area contributed by atoms with E-state index in [9.17, 15) is 14.0 Å². The van der Waals surface area contributed by atoms with E-state index in [1.807, 2.05) is 4.84 Å². The highest BCUT2D eigenvalue weighted by molar-refractivity contribution is 6.27. The Hall–Kier alpha value is -0.750. The Kier molecular flexibility index (Phi) is 9.03. The van der Waals surface area contributed by atoms with Gasteiger partial charge in [-0.15, -0.1) is 11.6 Å². The summed E-state index contributed by atoms with van der Waals surface area (Å²) in [5.41, 5.74) is 0. The smallest absolute Gasteiger partial charge is 0.332 e. The van der Waals surface area contributed by atoms with Crippen molar-refractivity contribution in [2.24, 2.45) is 0 Å². The van der Waals surface area contributed by atoms with Gasteiger partial charge in [0.25, 0.3) is 0 Å². The number of alkyl halides is 2. The molecular formula is C8H14Cl2FN3O2. The number of urea groups is 1. The van der Waals surface area contributed by atoms with Gasteiger partial charge in [0.05, 0.1) is 6.67 Å². The summed E-state index contributed by atoms with van der Waals surface area (Å²) in [5.74, 6) is -0.454. The molecule has 0 aromatic heterocycles. The predicted molar refractivity (Wildman–Crippen MR) is 60.3 cm³/mol. The van der Waals surface area contributed by atoms with Crippen LogP contribution in [0.3, 0.4) is 0 Å². The lowest BCUT2D eigenvalue weighted by molar-refractivity contribution is -0.118. The minimum absolute atomic E-state index is 0.133. The van der Waals surface area contributed by atoms with Gasteiger partial charge in [-0.25, -0.2) is 9.63 Å². The fraction of sp³-hybridized carbons (Fsp3) is 0.750. The van der Waals surface area contributed by atoms with Crippen LogP contribution in [0.5, 0.6) is 0 Å². The van der Waals surface area contributed by atoms with Gasteiger partial charge in [0.2, 0.25) is 5.91 Å². The predicted octanol–water partition coefficient (Wildman–Crippen LogP) is 0.866. The third kappa shape index (κ3) is 6.68. The van der Waals surface area contributed by atoms with Gasteiger partial charge >= 0.3 is 6.03 Å². The van der Waals surface area contributed by atoms with Crippen LogP contribution in [0.1, 0.15) is 6.42 Å². The van der Waals surface area contributed by atoms with Crippen molar-refractivity contribution in [3.05, 3.63) is 0 Å². The zero-order valence-electron chi connectivity index (χ0n) is 8.64. The van der Waals surface area contributed by atoms with Gasteiger partial charge < -0.3 is 10.2 Å². The Morgan fingerprint density at radius 3 is 2.50 bits per heavy atom. The lowest BCUT2D eigenvalue weighted by atomic mass is 10.4. The van der Waals surface area contributed by atoms with Crippen molar-refractivity contribution in [3.8, 4) is 0 Å². The summed E-state index contributed by atoms with van der Waals surface area (Å²) in [6, 6.07) is -0.518. The first kappa shape index (κ1) is 15.2. The standard InChI is InChI=1S/C8H14Cl2FN3O2/c9-6-7(15)12-3-5-14(4-1-2-11)8(16)13-10/h1-6H2,(H,12,15)(H,13,16). The molecule has 0 spiro atoms. The molecule has 0 saturated heterocycles. The first-order chi connectivity index (χ1) is 7.65. The summed E-state index contributed by atoms with van der Waals surface area (Å²) in [6.07, 6.45) is 0.230. The van der Waals surface area contributed by atoms with Gasteiger partial charge in [0.15, 0.2) is 0 Å². The molecule has 0 fully saturated rings. The van der Waals surface area contributed by atoms with Crippen LogP contribution in [0.4, 0.5) is 9.18 Å². The average molecular weight is 274 g/mol. The largest absolute Gasteiger partial charge is 0.353 e. The second-order valence-electron chi connectivity index (χ2n) is 2.91. The van der Waals surface area contributed by atoms with Gasteiger partial charge in [0.1, 0.15) is 5.88 Å². The Labute approximate surface area is 103 Å². The quantitative estimate of drug-likeness (QED) is 0.534. The van der Waals surface area contributed by atoms with Crippen LogP contribution in [0.15, 0.2) is 0 Å². The number of nitrogens with one attached hydrogen (secondary N) is 2. The molecule has 0 aromatic rings. The van der Waals surface area contributed by atoms with Gasteiger partial charge in [0, 0.05) is 31.4 Å². The van der Waals surface area contributed by atoms with Crippen LogP contribution >= 0.6 is 23.4 Å². The van der Waals surface area contributed by atoms with E-state index in [4.69, 9.17) is 23.4 Å². The fourth-order valence-corrected chi connectivity index (χ4v) is 1.22. The highest BCUT2D eigenvalue weighted by Gasteiger charge is 2.11. The van der Waals surface area contributed by atoms with Crippen LogP contribution < -0.4 is 10.2 Å². The summed E-state index contributed by atoms with van der Waals surface area (Å²) in [7, 11) is 0. The molecule has 0 aromatic carbocycles. The minimum atomic E-state index is -0.518. The Balaban J connectivity index is 3.91. The molecule has 2 N–H and O–H groups in total. The van der Waals surface area contributed by atoms with Crippen molar-refractivity contribution in [2.45, 2.75) is 6.42 Å². The summed E-state index contributed by atoms with van der Waals surface area (Å²) in [4.78, 5) is 25.2. The molecule has 0 aliphatic rings. The molecule has 0 radical (unpaired) electrons. The molecule has 0 atom stereocenters. The Bertz CT molecular complexity index is 231. The van der Waals surface area contributed by atoms with Crippen LogP contribution in [-0.4, -0.2) is 49.0 Å². The van der Waals surface area contributed by atoms with Crippen molar-refractivity contribution < 1.29 is 14.0 Å². The molecule has 0 aliphatic carbocycles. The van der Waals surface area contributed by atoms with Crippen LogP contribution in [0.25, 0.3) is 0 Å². The molecule has 3 amide bonds. The number of hydrogen-bond donors (Lipinski definition) is 2. The lowest BCUT2D eigenvalue weighted by Gasteiger charge is -2.20. The van der Waals surface area contributed by atoms with Gasteiger partial charge in [-0.05, 0) is 6.42 Å². The normalized spacial score (nSPS) is 9.69. The first-order valence-electron chi connectivity index (χ1n) is 4.69. The SMILES string of the molecule is O=C(CCl)NCCN(CCCF)C(=O)NCl. The zero-order chi connectivity index (χ0) is 12.4. The van der Waals surface area contributed by atoms with Crippen molar-refractivity contribution in [3.63, 3.8) is 0 Å². The summed E-state index contributed by atoms with van der Waals surface area (Å²) in [5, 5.41) is 2.49. The molecule has 94 valence electrons. The van der Waals surface area contributed by atoms with E-state index in [1.54, 1.807) is 0 Å². The maximum absolute atomic E-state index is 11.9. The average Bonchev–Trinajstić information content (AvgIpc) is 2.32. The van der Waals surface area contributed by atoms with E-state index in [2.05, 4.69) is 5.32 Å². The second kappa shape index (κ2) is 9.47. The molecule has 0 unspecified atom stereocenters. The minimum Gasteiger partial charge on any atom is -0.353 e. The summed E-state index contributed by atoms with van der Waals surface area (Å²) < 4.78 is 11.9. The molecule has 0 saturated carbocycles. The van der Waals surface area contributed by atoms with Crippen molar-refractivity contribution >= 4 is 35.3 Å². The monoisotopic (exact) mass is 273 g/mol. The van der Waals surface area contributed by atoms with E-state index in [-0.39, 0.29) is 37.8 Å². The third-order valence-corrected chi connectivity index (χ3v) is 2.16. The highest BCUT2D eigenvalue weighted by atomic mass is 35.5. The van der Waals surface area contributed by atoms with Gasteiger partial charge in [-0.2, -0.15) is 0 Å². The maximum atomic E-state index is 11.9. The number of carbonyl (C=O) groups is 2. The molecule has 5 nitrogen and oxygen atoms in total. The topological polar surface area (TPSA) is 61.4 Å². The Morgan fingerprint density at radius 2 is 2.00 bits per heavy atom. The molecule has 0 bridgehead atoms. The molecule has 0 aliphatic heterocycles. The molecule has 0 rings (SSSR count). The lowest BCUT2D eigenvalue weighted by Crippen LogP contribution is -2.42. The van der Waals surface area contributed by atoms with E-state index in [0.29, 0.717) is 0 Å². The van der Waals surface area contributed by atoms with Gasteiger partial charge in [-0.3, -0.25) is 9.18 Å². The van der Waals surface area contributed by atoms with Crippen LogP contribution in [0, 0.1) is 0 Å². The maximum Gasteiger partial charge on any atom is 0.332 e. The molecule has 8 heteroatoms. The van der Waals surface area contributed by atoms with Crippen molar-refractivity contribution in [1.82, 2.24) is 15.1 Å². The molecule has 0 heterocycles. The van der Waals surface area contributed by atoms with Crippen molar-refractivity contribution in [2.75, 3.05) is 32.2 Å². The number of halogens is 3. The molecular weight excluding hydrogens is 260 g/mol. The fourth-order valence-electron chi connectivity index (χ4n) is 1.00.